The third-order valence-corrected chi connectivity index (χ3v) is 2.34. The predicted octanol–water partition coefficient (Wildman–Crippen LogP) is 2.62. The molecule has 0 radical (unpaired) electrons. The van der Waals surface area contributed by atoms with Crippen LogP contribution in [0, 0.1) is 15.9 Å². The van der Waals surface area contributed by atoms with E-state index in [1.165, 1.54) is 24.4 Å². The predicted molar refractivity (Wildman–Crippen MR) is 64.3 cm³/mol. The summed E-state index contributed by atoms with van der Waals surface area (Å²) in [4.78, 5) is 24.7. The Balaban J connectivity index is 2.49. The number of carboxylic acid groups (broad SMARTS) is 1. The van der Waals surface area contributed by atoms with Gasteiger partial charge in [0.05, 0.1) is 4.92 Å². The Bertz CT molecular complexity index is 689. The van der Waals surface area contributed by atoms with Crippen LogP contribution in [0.4, 0.5) is 10.1 Å². The maximum absolute atomic E-state index is 13.4. The topological polar surface area (TPSA) is 103 Å². The molecule has 2 aromatic rings. The number of carbonyl (C=O) groups is 1. The van der Waals surface area contributed by atoms with E-state index in [9.17, 15) is 19.3 Å². The van der Waals surface area contributed by atoms with Gasteiger partial charge in [-0.1, -0.05) is 6.07 Å². The van der Waals surface area contributed by atoms with Crippen LogP contribution in [0.15, 0.2) is 36.5 Å². The van der Waals surface area contributed by atoms with E-state index >= 15 is 0 Å². The van der Waals surface area contributed by atoms with Crippen LogP contribution in [0.2, 0.25) is 0 Å². The first-order chi connectivity index (χ1) is 9.50. The van der Waals surface area contributed by atoms with Crippen LogP contribution in [0.25, 0.3) is 0 Å². The Hall–Kier alpha value is -3.03. The first-order valence-electron chi connectivity index (χ1n) is 5.29. The summed E-state index contributed by atoms with van der Waals surface area (Å²) in [5.41, 5.74) is -1.17. The van der Waals surface area contributed by atoms with Crippen LogP contribution in [-0.2, 0) is 0 Å². The summed E-state index contributed by atoms with van der Waals surface area (Å²) in [5.74, 6) is -3.32. The Morgan fingerprint density at radius 1 is 1.35 bits per heavy atom. The SMILES string of the molecule is O=C(O)c1c(F)cccc1Oc1ncccc1[N+](=O)[O-]. The normalized spacial score (nSPS) is 10.1. The molecule has 0 atom stereocenters. The second-order valence-corrected chi connectivity index (χ2v) is 3.60. The Kier molecular flexibility index (Phi) is 3.56. The zero-order valence-corrected chi connectivity index (χ0v) is 9.82. The average Bonchev–Trinajstić information content (AvgIpc) is 2.38. The molecule has 0 saturated heterocycles. The molecule has 0 saturated carbocycles. The molecule has 0 unspecified atom stereocenters. The minimum absolute atomic E-state index is 0.362. The van der Waals surface area contributed by atoms with E-state index in [0.717, 1.165) is 12.1 Å². The number of benzene rings is 1. The lowest BCUT2D eigenvalue weighted by molar-refractivity contribution is -0.386. The molecular formula is C12H7FN2O5. The molecule has 2 rings (SSSR count). The number of aromatic nitrogens is 1. The van der Waals surface area contributed by atoms with Gasteiger partial charge in [-0.3, -0.25) is 10.1 Å². The number of aromatic carboxylic acids is 1. The molecule has 0 aliphatic rings. The number of nitrogens with zero attached hydrogens (tertiary/aromatic N) is 2. The highest BCUT2D eigenvalue weighted by atomic mass is 19.1. The molecule has 8 heteroatoms. The molecule has 1 N–H and O–H groups in total. The van der Waals surface area contributed by atoms with Gasteiger partial charge in [0.1, 0.15) is 17.1 Å². The quantitative estimate of drug-likeness (QED) is 0.681. The average molecular weight is 278 g/mol. The molecule has 1 aromatic carbocycles. The van der Waals surface area contributed by atoms with E-state index in [-0.39, 0.29) is 5.75 Å². The number of carboxylic acids is 1. The van der Waals surface area contributed by atoms with E-state index in [1.54, 1.807) is 0 Å². The van der Waals surface area contributed by atoms with Gasteiger partial charge in [0.2, 0.25) is 0 Å². The number of rotatable bonds is 4. The van der Waals surface area contributed by atoms with Crippen molar-refractivity contribution in [2.45, 2.75) is 0 Å². The van der Waals surface area contributed by atoms with E-state index in [1.807, 2.05) is 0 Å². The molecule has 0 amide bonds. The van der Waals surface area contributed by atoms with Crippen LogP contribution < -0.4 is 4.74 Å². The summed E-state index contributed by atoms with van der Waals surface area (Å²) in [6.45, 7) is 0. The Morgan fingerprint density at radius 3 is 2.75 bits per heavy atom. The van der Waals surface area contributed by atoms with E-state index in [2.05, 4.69) is 4.98 Å². The molecule has 0 fully saturated rings. The first kappa shape index (κ1) is 13.4. The lowest BCUT2D eigenvalue weighted by Crippen LogP contribution is -2.04. The number of ether oxygens (including phenoxy) is 1. The summed E-state index contributed by atoms with van der Waals surface area (Å²) in [5, 5.41) is 19.7. The third-order valence-electron chi connectivity index (χ3n) is 2.34. The van der Waals surface area contributed by atoms with Gasteiger partial charge in [0.15, 0.2) is 0 Å². The number of nitro groups is 1. The van der Waals surface area contributed by atoms with Gasteiger partial charge in [-0.05, 0) is 18.2 Å². The molecule has 0 spiro atoms. The smallest absolute Gasteiger partial charge is 0.342 e. The summed E-state index contributed by atoms with van der Waals surface area (Å²) in [6, 6.07) is 5.83. The van der Waals surface area contributed by atoms with Crippen molar-refractivity contribution >= 4 is 11.7 Å². The highest BCUT2D eigenvalue weighted by Crippen LogP contribution is 2.31. The van der Waals surface area contributed by atoms with Gasteiger partial charge in [-0.15, -0.1) is 0 Å². The molecule has 102 valence electrons. The van der Waals surface area contributed by atoms with Crippen molar-refractivity contribution in [2.24, 2.45) is 0 Å². The van der Waals surface area contributed by atoms with E-state index in [0.29, 0.717) is 0 Å². The van der Waals surface area contributed by atoms with Crippen molar-refractivity contribution in [3.05, 3.63) is 58.0 Å². The standard InChI is InChI=1S/C12H7FN2O5/c13-7-3-1-5-9(10(7)12(16)17)20-11-8(15(18)19)4-2-6-14-11/h1-6H,(H,16,17). The molecule has 0 bridgehead atoms. The van der Waals surface area contributed by atoms with Gasteiger partial charge >= 0.3 is 11.7 Å². The third kappa shape index (κ3) is 2.53. The van der Waals surface area contributed by atoms with Gasteiger partial charge in [0, 0.05) is 12.3 Å². The summed E-state index contributed by atoms with van der Waals surface area (Å²) in [6.07, 6.45) is 1.24. The van der Waals surface area contributed by atoms with Gasteiger partial charge in [-0.2, -0.15) is 0 Å². The van der Waals surface area contributed by atoms with Crippen molar-refractivity contribution in [1.82, 2.24) is 4.98 Å². The van der Waals surface area contributed by atoms with Gasteiger partial charge in [-0.25, -0.2) is 14.2 Å². The number of hydrogen-bond donors (Lipinski definition) is 1. The minimum atomic E-state index is -1.54. The molecule has 1 aromatic heterocycles. The second kappa shape index (κ2) is 5.31. The van der Waals surface area contributed by atoms with Gasteiger partial charge < -0.3 is 9.84 Å². The monoisotopic (exact) mass is 278 g/mol. The summed E-state index contributed by atoms with van der Waals surface area (Å²) >= 11 is 0. The molecule has 20 heavy (non-hydrogen) atoms. The first-order valence-corrected chi connectivity index (χ1v) is 5.29. The molecule has 7 nitrogen and oxygen atoms in total. The second-order valence-electron chi connectivity index (χ2n) is 3.60. The Labute approximate surface area is 111 Å². The van der Waals surface area contributed by atoms with Crippen molar-refractivity contribution in [1.29, 1.82) is 0 Å². The minimum Gasteiger partial charge on any atom is -0.477 e. The largest absolute Gasteiger partial charge is 0.477 e. The highest BCUT2D eigenvalue weighted by Gasteiger charge is 2.22. The zero-order chi connectivity index (χ0) is 14.7. The fourth-order valence-corrected chi connectivity index (χ4v) is 1.50. The van der Waals surface area contributed by atoms with Crippen molar-refractivity contribution in [3.63, 3.8) is 0 Å². The highest BCUT2D eigenvalue weighted by molar-refractivity contribution is 5.91. The van der Waals surface area contributed by atoms with Crippen molar-refractivity contribution in [2.75, 3.05) is 0 Å². The molecule has 1 heterocycles. The maximum Gasteiger partial charge on any atom is 0.342 e. The zero-order valence-electron chi connectivity index (χ0n) is 9.82. The van der Waals surface area contributed by atoms with Crippen LogP contribution in [0.1, 0.15) is 10.4 Å². The Morgan fingerprint density at radius 2 is 2.10 bits per heavy atom. The van der Waals surface area contributed by atoms with Crippen LogP contribution in [0.3, 0.4) is 0 Å². The number of halogens is 1. The summed E-state index contributed by atoms with van der Waals surface area (Å²) in [7, 11) is 0. The van der Waals surface area contributed by atoms with Crippen LogP contribution in [-0.4, -0.2) is 21.0 Å². The fraction of sp³-hybridized carbons (Fsp3) is 0. The van der Waals surface area contributed by atoms with Gasteiger partial charge in [0.25, 0.3) is 5.88 Å². The van der Waals surface area contributed by atoms with E-state index < -0.39 is 33.8 Å². The lowest BCUT2D eigenvalue weighted by Gasteiger charge is -2.08. The number of pyridine rings is 1. The number of hydrogen-bond acceptors (Lipinski definition) is 5. The van der Waals surface area contributed by atoms with E-state index in [4.69, 9.17) is 9.84 Å². The maximum atomic E-state index is 13.4. The van der Waals surface area contributed by atoms with Crippen LogP contribution in [0.5, 0.6) is 11.6 Å². The summed E-state index contributed by atoms with van der Waals surface area (Å²) < 4.78 is 18.5. The lowest BCUT2D eigenvalue weighted by atomic mass is 10.2. The van der Waals surface area contributed by atoms with Crippen molar-refractivity contribution < 1.29 is 24.0 Å². The fourth-order valence-electron chi connectivity index (χ4n) is 1.50. The molecule has 0 aliphatic carbocycles. The molecule has 0 aliphatic heterocycles. The molecular weight excluding hydrogens is 271 g/mol. The van der Waals surface area contributed by atoms with Crippen molar-refractivity contribution in [3.8, 4) is 11.6 Å². The van der Waals surface area contributed by atoms with Crippen LogP contribution >= 0.6 is 0 Å².